The van der Waals surface area contributed by atoms with Crippen LogP contribution >= 0.6 is 0 Å². The van der Waals surface area contributed by atoms with Crippen molar-refractivity contribution in [1.29, 1.82) is 0 Å². The van der Waals surface area contributed by atoms with Gasteiger partial charge < -0.3 is 10.5 Å². The molecule has 0 radical (unpaired) electrons. The lowest BCUT2D eigenvalue weighted by atomic mass is 9.78. The Bertz CT molecular complexity index is 131. The van der Waals surface area contributed by atoms with E-state index in [0.29, 0.717) is 18.2 Å². The van der Waals surface area contributed by atoms with Gasteiger partial charge in [-0.25, -0.2) is 0 Å². The van der Waals surface area contributed by atoms with E-state index in [-0.39, 0.29) is 0 Å². The van der Waals surface area contributed by atoms with E-state index in [1.807, 2.05) is 0 Å². The number of nitrogens with two attached hydrogens (primary N) is 1. The third-order valence-corrected chi connectivity index (χ3v) is 2.87. The highest BCUT2D eigenvalue weighted by atomic mass is 16.5. The van der Waals surface area contributed by atoms with Crippen LogP contribution in [0.1, 0.15) is 32.1 Å². The van der Waals surface area contributed by atoms with Gasteiger partial charge in [0, 0.05) is 6.54 Å². The van der Waals surface area contributed by atoms with Crippen LogP contribution in [0.4, 0.5) is 0 Å². The average Bonchev–Trinajstić information content (AvgIpc) is 2.29. The van der Waals surface area contributed by atoms with Gasteiger partial charge in [0.2, 0.25) is 0 Å². The second kappa shape index (κ2) is 2.21. The molecule has 2 fully saturated rings. The maximum Gasteiger partial charge on any atom is 0.0705 e. The van der Waals surface area contributed by atoms with Gasteiger partial charge in [-0.1, -0.05) is 0 Å². The maximum absolute atomic E-state index is 5.81. The van der Waals surface area contributed by atoms with Gasteiger partial charge in [-0.05, 0) is 32.1 Å². The fraction of sp³-hybridized carbons (Fsp3) is 1.00. The second-order valence-electron chi connectivity index (χ2n) is 3.55. The molecule has 1 spiro atoms. The van der Waals surface area contributed by atoms with Crippen LogP contribution in [0.15, 0.2) is 0 Å². The summed E-state index contributed by atoms with van der Waals surface area (Å²) in [4.78, 5) is 0. The monoisotopic (exact) mass is 141 g/mol. The first-order valence-corrected chi connectivity index (χ1v) is 4.23. The second-order valence-corrected chi connectivity index (χ2v) is 3.55. The van der Waals surface area contributed by atoms with Crippen molar-refractivity contribution in [1.82, 2.24) is 0 Å². The Labute approximate surface area is 61.7 Å². The minimum atomic E-state index is 0.310. The molecule has 1 aliphatic heterocycles. The summed E-state index contributed by atoms with van der Waals surface area (Å²) in [5, 5.41) is 0. The van der Waals surface area contributed by atoms with Crippen molar-refractivity contribution < 1.29 is 4.74 Å². The van der Waals surface area contributed by atoms with Crippen molar-refractivity contribution in [2.45, 2.75) is 43.8 Å². The third kappa shape index (κ3) is 0.867. The average molecular weight is 141 g/mol. The van der Waals surface area contributed by atoms with E-state index in [4.69, 9.17) is 10.5 Å². The first-order chi connectivity index (χ1) is 4.85. The molecule has 10 heavy (non-hydrogen) atoms. The Morgan fingerprint density at radius 3 is 2.50 bits per heavy atom. The summed E-state index contributed by atoms with van der Waals surface area (Å²) in [6, 6.07) is 0. The molecule has 2 aliphatic rings. The lowest BCUT2D eigenvalue weighted by Crippen LogP contribution is -2.37. The van der Waals surface area contributed by atoms with Crippen LogP contribution in [-0.2, 0) is 4.74 Å². The van der Waals surface area contributed by atoms with Gasteiger partial charge in [0.15, 0.2) is 0 Å². The molecule has 2 heteroatoms. The van der Waals surface area contributed by atoms with E-state index in [0.717, 1.165) is 0 Å². The number of hydrogen-bond acceptors (Lipinski definition) is 2. The molecule has 2 N–H and O–H groups in total. The predicted octanol–water partition coefficient (Wildman–Crippen LogP) is 1.05. The minimum Gasteiger partial charge on any atom is -0.370 e. The number of hydrogen-bond donors (Lipinski definition) is 1. The molecular formula is C8H15NO. The Morgan fingerprint density at radius 1 is 1.40 bits per heavy atom. The minimum absolute atomic E-state index is 0.310. The Balaban J connectivity index is 1.92. The van der Waals surface area contributed by atoms with Crippen LogP contribution in [0, 0.1) is 0 Å². The first kappa shape index (κ1) is 6.62. The van der Waals surface area contributed by atoms with Crippen LogP contribution < -0.4 is 5.73 Å². The van der Waals surface area contributed by atoms with Crippen molar-refractivity contribution in [3.63, 3.8) is 0 Å². The summed E-state index contributed by atoms with van der Waals surface area (Å²) in [5.74, 6) is 0. The summed E-state index contributed by atoms with van der Waals surface area (Å²) in [5.41, 5.74) is 5.82. The topological polar surface area (TPSA) is 35.2 Å². The third-order valence-electron chi connectivity index (χ3n) is 2.87. The van der Waals surface area contributed by atoms with Gasteiger partial charge in [-0.2, -0.15) is 0 Å². The highest BCUT2D eigenvalue weighted by Crippen LogP contribution is 2.45. The molecule has 0 aromatic heterocycles. The molecule has 0 amide bonds. The summed E-state index contributed by atoms with van der Waals surface area (Å²) in [6.45, 7) is 0.710. The lowest BCUT2D eigenvalue weighted by Gasteiger charge is -2.37. The molecule has 0 unspecified atom stereocenters. The zero-order valence-electron chi connectivity index (χ0n) is 6.31. The van der Waals surface area contributed by atoms with Crippen LogP contribution in [0.25, 0.3) is 0 Å². The normalized spacial score (nSPS) is 36.3. The molecule has 1 aliphatic carbocycles. The van der Waals surface area contributed by atoms with Gasteiger partial charge in [-0.15, -0.1) is 0 Å². The zero-order chi connectivity index (χ0) is 7.03. The molecule has 2 rings (SSSR count). The molecular weight excluding hydrogens is 126 g/mol. The molecule has 0 aromatic rings. The van der Waals surface area contributed by atoms with Crippen LogP contribution in [0.5, 0.6) is 0 Å². The van der Waals surface area contributed by atoms with E-state index in [1.54, 1.807) is 0 Å². The molecule has 1 saturated carbocycles. The Morgan fingerprint density at radius 2 is 2.20 bits per heavy atom. The van der Waals surface area contributed by atoms with E-state index >= 15 is 0 Å². The molecule has 1 saturated heterocycles. The van der Waals surface area contributed by atoms with Crippen LogP contribution in [0.2, 0.25) is 0 Å². The Kier molecular flexibility index (Phi) is 1.46. The van der Waals surface area contributed by atoms with Gasteiger partial charge >= 0.3 is 0 Å². The van der Waals surface area contributed by atoms with E-state index in [2.05, 4.69) is 0 Å². The van der Waals surface area contributed by atoms with Gasteiger partial charge in [0.25, 0.3) is 0 Å². The largest absolute Gasteiger partial charge is 0.370 e. The zero-order valence-corrected chi connectivity index (χ0v) is 6.31. The van der Waals surface area contributed by atoms with Crippen LogP contribution in [0.3, 0.4) is 0 Å². The summed E-state index contributed by atoms with van der Waals surface area (Å²) < 4.78 is 5.81. The molecule has 0 aromatic carbocycles. The fourth-order valence-corrected chi connectivity index (χ4v) is 2.00. The van der Waals surface area contributed by atoms with Crippen molar-refractivity contribution in [2.24, 2.45) is 5.73 Å². The van der Waals surface area contributed by atoms with Crippen molar-refractivity contribution in [3.05, 3.63) is 0 Å². The smallest absolute Gasteiger partial charge is 0.0705 e. The quantitative estimate of drug-likeness (QED) is 0.592. The van der Waals surface area contributed by atoms with Gasteiger partial charge in [-0.3, -0.25) is 0 Å². The SMILES string of the molecule is NC[C@H]1CCC2(CCC2)O1. The fourth-order valence-electron chi connectivity index (χ4n) is 2.00. The van der Waals surface area contributed by atoms with Gasteiger partial charge in [0.05, 0.1) is 11.7 Å². The van der Waals surface area contributed by atoms with Crippen LogP contribution in [-0.4, -0.2) is 18.2 Å². The van der Waals surface area contributed by atoms with Crippen molar-refractivity contribution >= 4 is 0 Å². The summed E-state index contributed by atoms with van der Waals surface area (Å²) in [7, 11) is 0. The van der Waals surface area contributed by atoms with Crippen molar-refractivity contribution in [3.8, 4) is 0 Å². The van der Waals surface area contributed by atoms with E-state index in [9.17, 15) is 0 Å². The lowest BCUT2D eigenvalue weighted by molar-refractivity contribution is -0.0877. The Hall–Kier alpha value is -0.0800. The molecule has 58 valence electrons. The standard InChI is InChI=1S/C8H15NO/c9-6-7-2-5-8(10-7)3-1-4-8/h7H,1-6,9H2/t7-/m1/s1. The molecule has 1 atom stereocenters. The molecule has 0 bridgehead atoms. The highest BCUT2D eigenvalue weighted by molar-refractivity contribution is 4.95. The molecule has 1 heterocycles. The van der Waals surface area contributed by atoms with E-state index < -0.39 is 0 Å². The molecule has 2 nitrogen and oxygen atoms in total. The number of ether oxygens (including phenoxy) is 1. The first-order valence-electron chi connectivity index (χ1n) is 4.23. The highest BCUT2D eigenvalue weighted by Gasteiger charge is 2.44. The number of rotatable bonds is 1. The van der Waals surface area contributed by atoms with E-state index in [1.165, 1.54) is 32.1 Å². The van der Waals surface area contributed by atoms with Crippen molar-refractivity contribution in [2.75, 3.05) is 6.54 Å². The summed E-state index contributed by atoms with van der Waals surface area (Å²) in [6.07, 6.45) is 6.75. The predicted molar refractivity (Wildman–Crippen MR) is 39.7 cm³/mol. The summed E-state index contributed by atoms with van der Waals surface area (Å²) >= 11 is 0. The maximum atomic E-state index is 5.81. The van der Waals surface area contributed by atoms with Gasteiger partial charge in [0.1, 0.15) is 0 Å².